The predicted octanol–water partition coefficient (Wildman–Crippen LogP) is 2.27. The number of imidazole rings is 1. The topological polar surface area (TPSA) is 28.7 Å². The maximum atomic E-state index is 4.30. The molecule has 62 valence electrons. The highest BCUT2D eigenvalue weighted by Crippen LogP contribution is 2.18. The summed E-state index contributed by atoms with van der Waals surface area (Å²) in [5, 5.41) is 0. The maximum absolute atomic E-state index is 4.30. The number of hydrogen-bond donors (Lipinski definition) is 1. The monoisotopic (exact) mass is 152 g/mol. The molecule has 0 unspecified atom stereocenters. The Bertz CT molecular complexity index is 230. The van der Waals surface area contributed by atoms with E-state index < -0.39 is 0 Å². The van der Waals surface area contributed by atoms with Gasteiger partial charge in [-0.3, -0.25) is 0 Å². The quantitative estimate of drug-likeness (QED) is 0.657. The third-order valence-corrected chi connectivity index (χ3v) is 1.72. The van der Waals surface area contributed by atoms with Crippen LogP contribution in [0.5, 0.6) is 0 Å². The van der Waals surface area contributed by atoms with Crippen molar-refractivity contribution in [2.45, 2.75) is 39.5 Å². The number of aryl methyl sites for hydroxylation is 1. The number of aromatic nitrogens is 2. The molecule has 1 heterocycles. The van der Waals surface area contributed by atoms with Crippen LogP contribution >= 0.6 is 0 Å². The van der Waals surface area contributed by atoms with Crippen molar-refractivity contribution in [3.63, 3.8) is 0 Å². The molecule has 0 aliphatic rings. The lowest BCUT2D eigenvalue weighted by Gasteiger charge is -2.13. The highest BCUT2D eigenvalue weighted by molar-refractivity contribution is 5.08. The second-order valence-electron chi connectivity index (χ2n) is 3.86. The summed E-state index contributed by atoms with van der Waals surface area (Å²) in [5.74, 6) is 1.08. The van der Waals surface area contributed by atoms with E-state index in [1.165, 1.54) is 5.69 Å². The summed E-state index contributed by atoms with van der Waals surface area (Å²) in [4.78, 5) is 7.59. The van der Waals surface area contributed by atoms with E-state index in [1.807, 2.05) is 6.20 Å². The Morgan fingerprint density at radius 3 is 2.36 bits per heavy atom. The molecule has 1 rings (SSSR count). The molecule has 0 aromatic carbocycles. The molecule has 2 nitrogen and oxygen atoms in total. The molecule has 0 radical (unpaired) electrons. The SMILES string of the molecule is CCc1cnc(C(C)(C)C)[nH]1. The lowest BCUT2D eigenvalue weighted by atomic mass is 9.96. The van der Waals surface area contributed by atoms with Crippen LogP contribution in [-0.2, 0) is 11.8 Å². The molecule has 0 bridgehead atoms. The Kier molecular flexibility index (Phi) is 2.03. The molecule has 1 aromatic rings. The average Bonchev–Trinajstić information content (AvgIpc) is 2.32. The zero-order valence-electron chi connectivity index (χ0n) is 7.73. The summed E-state index contributed by atoms with van der Waals surface area (Å²) >= 11 is 0. The van der Waals surface area contributed by atoms with Crippen molar-refractivity contribution in [2.24, 2.45) is 0 Å². The van der Waals surface area contributed by atoms with Crippen molar-refractivity contribution >= 4 is 0 Å². The molecule has 0 atom stereocenters. The second kappa shape index (κ2) is 2.68. The molecule has 0 saturated carbocycles. The van der Waals surface area contributed by atoms with Crippen molar-refractivity contribution in [3.8, 4) is 0 Å². The minimum atomic E-state index is 0.146. The lowest BCUT2D eigenvalue weighted by molar-refractivity contribution is 0.551. The Hall–Kier alpha value is -0.790. The Morgan fingerprint density at radius 1 is 1.45 bits per heavy atom. The minimum Gasteiger partial charge on any atom is -0.345 e. The molecule has 11 heavy (non-hydrogen) atoms. The fourth-order valence-corrected chi connectivity index (χ4v) is 0.920. The lowest BCUT2D eigenvalue weighted by Crippen LogP contribution is -2.13. The number of hydrogen-bond acceptors (Lipinski definition) is 1. The van der Waals surface area contributed by atoms with Crippen LogP contribution in [0.25, 0.3) is 0 Å². The van der Waals surface area contributed by atoms with Gasteiger partial charge in [-0.15, -0.1) is 0 Å². The molecule has 0 fully saturated rings. The summed E-state index contributed by atoms with van der Waals surface area (Å²) < 4.78 is 0. The van der Waals surface area contributed by atoms with Gasteiger partial charge in [-0.05, 0) is 6.42 Å². The van der Waals surface area contributed by atoms with Gasteiger partial charge in [0.15, 0.2) is 0 Å². The van der Waals surface area contributed by atoms with E-state index in [0.29, 0.717) is 0 Å². The zero-order valence-corrected chi connectivity index (χ0v) is 7.73. The molecule has 0 saturated heterocycles. The first kappa shape index (κ1) is 8.31. The fourth-order valence-electron chi connectivity index (χ4n) is 0.920. The van der Waals surface area contributed by atoms with E-state index in [0.717, 1.165) is 12.2 Å². The second-order valence-corrected chi connectivity index (χ2v) is 3.86. The standard InChI is InChI=1S/C9H16N2/c1-5-7-6-10-8(11-7)9(2,3)4/h6H,5H2,1-4H3,(H,10,11). The van der Waals surface area contributed by atoms with Crippen LogP contribution in [0, 0.1) is 0 Å². The molecule has 2 heteroatoms. The van der Waals surface area contributed by atoms with Crippen molar-refractivity contribution < 1.29 is 0 Å². The number of H-pyrrole nitrogens is 1. The Balaban J connectivity index is 2.89. The highest BCUT2D eigenvalue weighted by atomic mass is 14.9. The summed E-state index contributed by atoms with van der Waals surface area (Å²) in [7, 11) is 0. The van der Waals surface area contributed by atoms with Crippen LogP contribution in [-0.4, -0.2) is 9.97 Å². The first-order valence-corrected chi connectivity index (χ1v) is 4.08. The zero-order chi connectivity index (χ0) is 8.48. The van der Waals surface area contributed by atoms with Gasteiger partial charge in [0.25, 0.3) is 0 Å². The first-order valence-electron chi connectivity index (χ1n) is 4.08. The number of nitrogens with zero attached hydrogens (tertiary/aromatic N) is 1. The van der Waals surface area contributed by atoms with Crippen molar-refractivity contribution in [3.05, 3.63) is 17.7 Å². The largest absolute Gasteiger partial charge is 0.345 e. The van der Waals surface area contributed by atoms with E-state index in [1.54, 1.807) is 0 Å². The van der Waals surface area contributed by atoms with E-state index in [4.69, 9.17) is 0 Å². The van der Waals surface area contributed by atoms with Gasteiger partial charge in [-0.2, -0.15) is 0 Å². The molecule has 1 aromatic heterocycles. The van der Waals surface area contributed by atoms with Gasteiger partial charge in [-0.1, -0.05) is 27.7 Å². The minimum absolute atomic E-state index is 0.146. The van der Waals surface area contributed by atoms with E-state index in [9.17, 15) is 0 Å². The Morgan fingerprint density at radius 2 is 2.09 bits per heavy atom. The van der Waals surface area contributed by atoms with Crippen LogP contribution in [0.4, 0.5) is 0 Å². The van der Waals surface area contributed by atoms with Crippen LogP contribution in [0.1, 0.15) is 39.2 Å². The van der Waals surface area contributed by atoms with E-state index in [-0.39, 0.29) is 5.41 Å². The van der Waals surface area contributed by atoms with Crippen LogP contribution in [0.2, 0.25) is 0 Å². The Labute approximate surface area is 68.0 Å². The van der Waals surface area contributed by atoms with Gasteiger partial charge in [0.2, 0.25) is 0 Å². The van der Waals surface area contributed by atoms with Crippen LogP contribution in [0.3, 0.4) is 0 Å². The van der Waals surface area contributed by atoms with Crippen molar-refractivity contribution in [2.75, 3.05) is 0 Å². The van der Waals surface area contributed by atoms with Gasteiger partial charge in [0.05, 0.1) is 0 Å². The number of nitrogens with one attached hydrogen (secondary N) is 1. The molecule has 0 amide bonds. The van der Waals surface area contributed by atoms with Gasteiger partial charge in [-0.25, -0.2) is 4.98 Å². The summed E-state index contributed by atoms with van der Waals surface area (Å²) in [6.45, 7) is 8.60. The van der Waals surface area contributed by atoms with E-state index >= 15 is 0 Å². The van der Waals surface area contributed by atoms with Gasteiger partial charge < -0.3 is 4.98 Å². The third kappa shape index (κ3) is 1.82. The van der Waals surface area contributed by atoms with Crippen molar-refractivity contribution in [1.29, 1.82) is 0 Å². The predicted molar refractivity (Wildman–Crippen MR) is 46.7 cm³/mol. The molecule has 0 spiro atoms. The summed E-state index contributed by atoms with van der Waals surface area (Å²) in [5.41, 5.74) is 1.36. The van der Waals surface area contributed by atoms with Gasteiger partial charge in [0.1, 0.15) is 5.82 Å². The average molecular weight is 152 g/mol. The smallest absolute Gasteiger partial charge is 0.111 e. The van der Waals surface area contributed by atoms with Crippen LogP contribution < -0.4 is 0 Å². The first-order chi connectivity index (χ1) is 5.04. The molecular formula is C9H16N2. The van der Waals surface area contributed by atoms with Gasteiger partial charge >= 0.3 is 0 Å². The van der Waals surface area contributed by atoms with Crippen molar-refractivity contribution in [1.82, 2.24) is 9.97 Å². The van der Waals surface area contributed by atoms with Gasteiger partial charge in [0, 0.05) is 17.3 Å². The van der Waals surface area contributed by atoms with Crippen LogP contribution in [0.15, 0.2) is 6.20 Å². The third-order valence-electron chi connectivity index (χ3n) is 1.72. The molecular weight excluding hydrogens is 136 g/mol. The highest BCUT2D eigenvalue weighted by Gasteiger charge is 2.16. The fraction of sp³-hybridized carbons (Fsp3) is 0.667. The van der Waals surface area contributed by atoms with E-state index in [2.05, 4.69) is 37.7 Å². The summed E-state index contributed by atoms with van der Waals surface area (Å²) in [6.07, 6.45) is 2.95. The summed E-state index contributed by atoms with van der Waals surface area (Å²) in [6, 6.07) is 0. The maximum Gasteiger partial charge on any atom is 0.111 e. The molecule has 0 aliphatic heterocycles. The molecule has 1 N–H and O–H groups in total. The number of rotatable bonds is 1. The normalized spacial score (nSPS) is 12.0. The molecule has 0 aliphatic carbocycles. The number of aromatic amines is 1.